The maximum absolute atomic E-state index is 13.1. The van der Waals surface area contributed by atoms with Crippen LogP contribution in [0.4, 0.5) is 9.52 Å². The van der Waals surface area contributed by atoms with Gasteiger partial charge in [-0.25, -0.2) is 17.8 Å². The lowest BCUT2D eigenvalue weighted by molar-refractivity contribution is 0.381. The fourth-order valence-corrected chi connectivity index (χ4v) is 6.34. The Hall–Kier alpha value is -2.10. The molecule has 172 valence electrons. The predicted octanol–water partition coefficient (Wildman–Crippen LogP) is 4.02. The van der Waals surface area contributed by atoms with Crippen LogP contribution in [0.15, 0.2) is 48.1 Å². The first kappa shape index (κ1) is 23.1. The minimum atomic E-state index is -3.39. The van der Waals surface area contributed by atoms with Crippen LogP contribution in [0.3, 0.4) is 0 Å². The molecule has 1 aromatic heterocycles. The van der Waals surface area contributed by atoms with E-state index in [2.05, 4.69) is 41.1 Å². The predicted molar refractivity (Wildman–Crippen MR) is 127 cm³/mol. The van der Waals surface area contributed by atoms with Crippen LogP contribution in [-0.2, 0) is 16.4 Å². The van der Waals surface area contributed by atoms with Crippen LogP contribution in [0, 0.1) is 11.2 Å². The van der Waals surface area contributed by atoms with Crippen LogP contribution in [0.2, 0.25) is 0 Å². The van der Waals surface area contributed by atoms with Gasteiger partial charge in [-0.3, -0.25) is 0 Å². The minimum Gasteiger partial charge on any atom is -0.344 e. The summed E-state index contributed by atoms with van der Waals surface area (Å²) in [6.07, 6.45) is 6.93. The van der Waals surface area contributed by atoms with Crippen LogP contribution >= 0.6 is 11.5 Å². The summed E-state index contributed by atoms with van der Waals surface area (Å²) in [5.41, 5.74) is 2.16. The van der Waals surface area contributed by atoms with Gasteiger partial charge in [0, 0.05) is 44.1 Å². The molecule has 1 saturated heterocycles. The zero-order chi connectivity index (χ0) is 22.9. The molecule has 32 heavy (non-hydrogen) atoms. The molecule has 9 heteroatoms. The molecule has 1 fully saturated rings. The van der Waals surface area contributed by atoms with Crippen molar-refractivity contribution in [1.82, 2.24) is 13.7 Å². The first-order valence-corrected chi connectivity index (χ1v) is 13.1. The van der Waals surface area contributed by atoms with E-state index in [1.807, 2.05) is 12.2 Å². The van der Waals surface area contributed by atoms with E-state index in [1.54, 1.807) is 16.4 Å². The molecule has 0 N–H and O–H groups in total. The molecule has 0 radical (unpaired) electrons. The minimum absolute atomic E-state index is 0.0220. The number of piperazine rings is 1. The lowest BCUT2D eigenvalue weighted by Gasteiger charge is -2.35. The monoisotopic (exact) mass is 476 g/mol. The molecule has 1 aliphatic heterocycles. The van der Waals surface area contributed by atoms with Crippen molar-refractivity contribution in [2.45, 2.75) is 38.9 Å². The van der Waals surface area contributed by atoms with Crippen molar-refractivity contribution in [1.29, 1.82) is 0 Å². The average molecular weight is 477 g/mol. The molecule has 1 aromatic carbocycles. The van der Waals surface area contributed by atoms with Gasteiger partial charge >= 0.3 is 0 Å². The number of sulfonamides is 1. The fourth-order valence-electron chi connectivity index (χ4n) is 3.93. The molecule has 0 bridgehead atoms. The van der Waals surface area contributed by atoms with E-state index in [0.29, 0.717) is 44.8 Å². The van der Waals surface area contributed by atoms with Crippen LogP contribution in [-0.4, -0.2) is 53.5 Å². The number of benzene rings is 1. The van der Waals surface area contributed by atoms with E-state index in [4.69, 9.17) is 0 Å². The summed E-state index contributed by atoms with van der Waals surface area (Å²) in [5.74, 6) is 0.434. The van der Waals surface area contributed by atoms with E-state index in [9.17, 15) is 12.8 Å². The summed E-state index contributed by atoms with van der Waals surface area (Å²) in [5, 5.41) is 0.304. The van der Waals surface area contributed by atoms with E-state index in [0.717, 1.165) is 10.7 Å². The van der Waals surface area contributed by atoms with E-state index >= 15 is 0 Å². The Morgan fingerprint density at radius 1 is 1.12 bits per heavy atom. The largest absolute Gasteiger partial charge is 0.344 e. The van der Waals surface area contributed by atoms with Gasteiger partial charge in [0.1, 0.15) is 11.6 Å². The summed E-state index contributed by atoms with van der Waals surface area (Å²) >= 11 is 1.32. The van der Waals surface area contributed by atoms with Crippen LogP contribution < -0.4 is 4.90 Å². The normalized spacial score (nSPS) is 20.4. The number of nitrogens with zero attached hydrogens (tertiary/aromatic N) is 4. The molecule has 1 unspecified atom stereocenters. The molecule has 1 atom stereocenters. The van der Waals surface area contributed by atoms with Gasteiger partial charge in [0.05, 0.1) is 5.25 Å². The zero-order valence-electron chi connectivity index (χ0n) is 18.7. The molecule has 0 spiro atoms. The van der Waals surface area contributed by atoms with Crippen LogP contribution in [0.5, 0.6) is 0 Å². The second-order valence-electron chi connectivity index (χ2n) is 9.27. The molecule has 6 nitrogen and oxygen atoms in total. The van der Waals surface area contributed by atoms with Crippen molar-refractivity contribution in [3.05, 3.63) is 65.3 Å². The van der Waals surface area contributed by atoms with Gasteiger partial charge in [-0.1, -0.05) is 51.1 Å². The molecule has 4 rings (SSSR count). The third-order valence-corrected chi connectivity index (χ3v) is 8.93. The van der Waals surface area contributed by atoms with E-state index in [1.165, 1.54) is 29.2 Å². The maximum Gasteiger partial charge on any atom is 0.221 e. The van der Waals surface area contributed by atoms with Crippen molar-refractivity contribution in [3.63, 3.8) is 0 Å². The van der Waals surface area contributed by atoms with Crippen molar-refractivity contribution in [2.24, 2.45) is 5.41 Å². The first-order chi connectivity index (χ1) is 15.1. The number of halogens is 1. The van der Waals surface area contributed by atoms with Crippen LogP contribution in [0.1, 0.15) is 38.6 Å². The topological polar surface area (TPSA) is 66.4 Å². The molecule has 1 aliphatic carbocycles. The van der Waals surface area contributed by atoms with Gasteiger partial charge in [-0.15, -0.1) is 0 Å². The molecular weight excluding hydrogens is 447 g/mol. The molecule has 2 aliphatic rings. The second kappa shape index (κ2) is 9.03. The van der Waals surface area contributed by atoms with Crippen LogP contribution in [0.25, 0.3) is 0 Å². The highest BCUT2D eigenvalue weighted by Crippen LogP contribution is 2.32. The Bertz CT molecular complexity index is 1110. The highest BCUT2D eigenvalue weighted by atomic mass is 32.2. The van der Waals surface area contributed by atoms with Crippen molar-refractivity contribution in [2.75, 3.05) is 31.1 Å². The lowest BCUT2D eigenvalue weighted by atomic mass is 9.84. The quantitative estimate of drug-likeness (QED) is 0.652. The third-order valence-electron chi connectivity index (χ3n) is 5.91. The Labute approximate surface area is 193 Å². The first-order valence-electron chi connectivity index (χ1n) is 10.8. The van der Waals surface area contributed by atoms with Gasteiger partial charge in [0.15, 0.2) is 0 Å². The van der Waals surface area contributed by atoms with E-state index in [-0.39, 0.29) is 11.2 Å². The Morgan fingerprint density at radius 2 is 1.81 bits per heavy atom. The van der Waals surface area contributed by atoms with Gasteiger partial charge in [-0.2, -0.15) is 8.68 Å². The third kappa shape index (κ3) is 5.10. The van der Waals surface area contributed by atoms with Crippen molar-refractivity contribution >= 4 is 26.7 Å². The number of aromatic nitrogens is 2. The van der Waals surface area contributed by atoms with Crippen molar-refractivity contribution in [3.8, 4) is 0 Å². The summed E-state index contributed by atoms with van der Waals surface area (Å²) in [6.45, 7) is 8.46. The number of allylic oxidation sites excluding steroid dienone is 3. The molecule has 2 aromatic rings. The number of rotatable bonds is 5. The summed E-state index contributed by atoms with van der Waals surface area (Å²) in [4.78, 5) is 6.70. The molecule has 0 amide bonds. The lowest BCUT2D eigenvalue weighted by Crippen LogP contribution is -2.51. The van der Waals surface area contributed by atoms with Gasteiger partial charge < -0.3 is 4.90 Å². The molecule has 2 heterocycles. The van der Waals surface area contributed by atoms with Gasteiger partial charge in [0.25, 0.3) is 0 Å². The molecular formula is C23H29FN4O2S2. The number of hydrogen-bond donors (Lipinski definition) is 0. The molecule has 0 saturated carbocycles. The van der Waals surface area contributed by atoms with Gasteiger partial charge in [0.2, 0.25) is 15.2 Å². The number of hydrogen-bond acceptors (Lipinski definition) is 6. The highest BCUT2D eigenvalue weighted by Gasteiger charge is 2.34. The highest BCUT2D eigenvalue weighted by molar-refractivity contribution is 7.89. The second-order valence-corrected chi connectivity index (χ2v) is 12.2. The smallest absolute Gasteiger partial charge is 0.221 e. The Balaban J connectivity index is 1.34. The summed E-state index contributed by atoms with van der Waals surface area (Å²) < 4.78 is 45.4. The Morgan fingerprint density at radius 3 is 2.41 bits per heavy atom. The van der Waals surface area contributed by atoms with E-state index < -0.39 is 15.3 Å². The SMILES string of the molecule is CC(C)(C)C1=CCC(S(=O)(=O)N2CCN(c3nc(Cc4ccc(F)cc4)ns3)CC2)C=C1. The van der Waals surface area contributed by atoms with Gasteiger partial charge in [-0.05, 0) is 35.1 Å². The standard InChI is InChI=1S/C23H29FN4O2S2/c1-23(2,3)18-6-10-20(11-7-18)32(29,30)28-14-12-27(13-15-28)22-25-21(26-31-22)16-17-4-8-19(24)9-5-17/h4-10,20H,11-16H2,1-3H3. The fraction of sp³-hybridized carbons (Fsp3) is 0.478. The number of anilines is 1. The zero-order valence-corrected chi connectivity index (χ0v) is 20.3. The maximum atomic E-state index is 13.1. The Kier molecular flexibility index (Phi) is 6.51. The van der Waals surface area contributed by atoms with Crippen molar-refractivity contribution < 1.29 is 12.8 Å². The summed E-state index contributed by atoms with van der Waals surface area (Å²) in [6, 6.07) is 6.34. The average Bonchev–Trinajstić information content (AvgIpc) is 3.23. The summed E-state index contributed by atoms with van der Waals surface area (Å²) in [7, 11) is -3.39.